The summed E-state index contributed by atoms with van der Waals surface area (Å²) in [6, 6.07) is 6.98. The minimum absolute atomic E-state index is 0.0614. The zero-order chi connectivity index (χ0) is 14.1. The fourth-order valence-electron chi connectivity index (χ4n) is 1.30. The molecule has 2 N–H and O–H groups in total. The molecule has 0 radical (unpaired) electrons. The quantitative estimate of drug-likeness (QED) is 0.601. The van der Waals surface area contributed by atoms with Crippen LogP contribution in [0.2, 0.25) is 0 Å². The number of amides is 1. The van der Waals surface area contributed by atoms with Gasteiger partial charge < -0.3 is 20.5 Å². The molecule has 0 aliphatic carbocycles. The molecule has 0 atom stereocenters. The van der Waals surface area contributed by atoms with Gasteiger partial charge in [-0.2, -0.15) is 0 Å². The Morgan fingerprint density at radius 2 is 1.95 bits per heavy atom. The first-order chi connectivity index (χ1) is 9.11. The first-order valence-electron chi connectivity index (χ1n) is 5.86. The second kappa shape index (κ2) is 8.23. The van der Waals surface area contributed by atoms with Crippen LogP contribution >= 0.6 is 0 Å². The molecule has 0 spiro atoms. The van der Waals surface area contributed by atoms with Crippen molar-refractivity contribution in [1.82, 2.24) is 0 Å². The van der Waals surface area contributed by atoms with E-state index in [0.717, 1.165) is 5.56 Å². The summed E-state index contributed by atoms with van der Waals surface area (Å²) in [5, 5.41) is 2.66. The Morgan fingerprint density at radius 1 is 1.26 bits per heavy atom. The van der Waals surface area contributed by atoms with Gasteiger partial charge in [0.1, 0.15) is 13.2 Å². The SMILES string of the molecule is CC(=O)OCc1ccc(NC(=O)COCC[NH-])cc1. The van der Waals surface area contributed by atoms with Gasteiger partial charge in [0.25, 0.3) is 0 Å². The Bertz CT molecular complexity index is 417. The molecule has 1 amide bonds. The number of hydrogen-bond donors (Lipinski definition) is 1. The van der Waals surface area contributed by atoms with Crippen LogP contribution in [-0.2, 0) is 25.7 Å². The summed E-state index contributed by atoms with van der Waals surface area (Å²) >= 11 is 0. The lowest BCUT2D eigenvalue weighted by molar-refractivity contribution is -0.142. The van der Waals surface area contributed by atoms with Crippen LogP contribution < -0.4 is 5.32 Å². The fourth-order valence-corrected chi connectivity index (χ4v) is 1.30. The van der Waals surface area contributed by atoms with E-state index >= 15 is 0 Å². The van der Waals surface area contributed by atoms with E-state index in [-0.39, 0.29) is 38.2 Å². The number of rotatable bonds is 7. The van der Waals surface area contributed by atoms with Gasteiger partial charge in [0.15, 0.2) is 0 Å². The van der Waals surface area contributed by atoms with E-state index in [0.29, 0.717) is 5.69 Å². The van der Waals surface area contributed by atoms with Crippen LogP contribution in [0.3, 0.4) is 0 Å². The Kier molecular flexibility index (Phi) is 6.56. The lowest BCUT2D eigenvalue weighted by Gasteiger charge is -2.08. The van der Waals surface area contributed by atoms with Gasteiger partial charge in [-0.25, -0.2) is 0 Å². The third kappa shape index (κ3) is 6.54. The van der Waals surface area contributed by atoms with Crippen molar-refractivity contribution in [3.05, 3.63) is 35.6 Å². The molecular weight excluding hydrogens is 248 g/mol. The minimum Gasteiger partial charge on any atom is -0.676 e. The van der Waals surface area contributed by atoms with E-state index in [1.807, 2.05) is 0 Å². The van der Waals surface area contributed by atoms with Crippen LogP contribution in [0, 0.1) is 0 Å². The van der Waals surface area contributed by atoms with Crippen molar-refractivity contribution in [2.24, 2.45) is 0 Å². The van der Waals surface area contributed by atoms with Crippen LogP contribution in [0.15, 0.2) is 24.3 Å². The highest BCUT2D eigenvalue weighted by atomic mass is 16.5. The standard InChI is InChI=1S/C13H17N2O4/c1-10(16)19-8-11-2-4-12(5-3-11)15-13(17)9-18-7-6-14/h2-5,14H,6-9H2,1H3,(H,15,17)/q-1. The largest absolute Gasteiger partial charge is 0.676 e. The molecule has 1 rings (SSSR count). The van der Waals surface area contributed by atoms with Crippen molar-refractivity contribution in [2.45, 2.75) is 13.5 Å². The first kappa shape index (κ1) is 15.1. The van der Waals surface area contributed by atoms with Crippen molar-refractivity contribution in [3.8, 4) is 0 Å². The fraction of sp³-hybridized carbons (Fsp3) is 0.385. The highest BCUT2D eigenvalue weighted by molar-refractivity contribution is 5.91. The summed E-state index contributed by atoms with van der Waals surface area (Å²) in [5.41, 5.74) is 8.36. The van der Waals surface area contributed by atoms with Gasteiger partial charge in [-0.05, 0) is 17.7 Å². The molecule has 1 aromatic carbocycles. The van der Waals surface area contributed by atoms with E-state index in [9.17, 15) is 9.59 Å². The van der Waals surface area contributed by atoms with Gasteiger partial charge in [0.2, 0.25) is 5.91 Å². The Labute approximate surface area is 111 Å². The number of carbonyl (C=O) groups is 2. The monoisotopic (exact) mass is 265 g/mol. The lowest BCUT2D eigenvalue weighted by atomic mass is 10.2. The zero-order valence-corrected chi connectivity index (χ0v) is 10.8. The molecule has 0 aromatic heterocycles. The van der Waals surface area contributed by atoms with Crippen molar-refractivity contribution >= 4 is 17.6 Å². The average Bonchev–Trinajstić information content (AvgIpc) is 2.38. The topological polar surface area (TPSA) is 88.4 Å². The molecule has 1 aromatic rings. The van der Waals surface area contributed by atoms with Crippen LogP contribution in [0.4, 0.5) is 5.69 Å². The lowest BCUT2D eigenvalue weighted by Crippen LogP contribution is -2.19. The number of hydrogen-bond acceptors (Lipinski definition) is 4. The molecule has 0 aliphatic rings. The van der Waals surface area contributed by atoms with E-state index in [2.05, 4.69) is 5.32 Å². The van der Waals surface area contributed by atoms with Gasteiger partial charge in [-0.15, -0.1) is 6.54 Å². The molecule has 0 saturated carbocycles. The third-order valence-corrected chi connectivity index (χ3v) is 2.16. The Balaban J connectivity index is 2.39. The minimum atomic E-state index is -0.330. The number of carbonyl (C=O) groups excluding carboxylic acids is 2. The van der Waals surface area contributed by atoms with Crippen molar-refractivity contribution in [1.29, 1.82) is 0 Å². The molecule has 6 nitrogen and oxygen atoms in total. The van der Waals surface area contributed by atoms with E-state index in [1.54, 1.807) is 24.3 Å². The van der Waals surface area contributed by atoms with Crippen molar-refractivity contribution in [3.63, 3.8) is 0 Å². The summed E-state index contributed by atoms with van der Waals surface area (Å²) in [6.07, 6.45) is 0. The Morgan fingerprint density at radius 3 is 2.53 bits per heavy atom. The van der Waals surface area contributed by atoms with E-state index < -0.39 is 0 Å². The van der Waals surface area contributed by atoms with Crippen LogP contribution in [0.5, 0.6) is 0 Å². The van der Waals surface area contributed by atoms with Gasteiger partial charge in [0, 0.05) is 19.2 Å². The maximum absolute atomic E-state index is 11.4. The molecule has 19 heavy (non-hydrogen) atoms. The molecule has 0 saturated heterocycles. The Hall–Kier alpha value is -1.92. The summed E-state index contributed by atoms with van der Waals surface area (Å²) in [7, 11) is 0. The predicted octanol–water partition coefficient (Wildman–Crippen LogP) is 1.76. The maximum atomic E-state index is 11.4. The second-order valence-electron chi connectivity index (χ2n) is 3.83. The molecule has 6 heteroatoms. The number of nitrogens with one attached hydrogen (secondary N) is 2. The number of anilines is 1. The molecule has 0 aliphatic heterocycles. The maximum Gasteiger partial charge on any atom is 0.302 e. The number of ether oxygens (including phenoxy) is 2. The van der Waals surface area contributed by atoms with E-state index in [4.69, 9.17) is 15.2 Å². The second-order valence-corrected chi connectivity index (χ2v) is 3.83. The first-order valence-corrected chi connectivity index (χ1v) is 5.86. The van der Waals surface area contributed by atoms with Gasteiger partial charge in [-0.3, -0.25) is 9.59 Å². The predicted molar refractivity (Wildman–Crippen MR) is 70.5 cm³/mol. The van der Waals surface area contributed by atoms with E-state index in [1.165, 1.54) is 6.92 Å². The molecule has 0 heterocycles. The summed E-state index contributed by atoms with van der Waals surface area (Å²) in [6.45, 7) is 1.89. The van der Waals surface area contributed by atoms with Crippen LogP contribution in [-0.4, -0.2) is 31.6 Å². The zero-order valence-electron chi connectivity index (χ0n) is 10.8. The average molecular weight is 265 g/mol. The van der Waals surface area contributed by atoms with Gasteiger partial charge >= 0.3 is 5.97 Å². The highest BCUT2D eigenvalue weighted by Crippen LogP contribution is 2.10. The normalized spacial score (nSPS) is 10.0. The van der Waals surface area contributed by atoms with Crippen LogP contribution in [0.25, 0.3) is 5.73 Å². The highest BCUT2D eigenvalue weighted by Gasteiger charge is 2.02. The van der Waals surface area contributed by atoms with Gasteiger partial charge in [0.05, 0.1) is 0 Å². The molecule has 0 unspecified atom stereocenters. The summed E-state index contributed by atoms with van der Waals surface area (Å²) < 4.78 is 9.80. The smallest absolute Gasteiger partial charge is 0.302 e. The van der Waals surface area contributed by atoms with Crippen LogP contribution in [0.1, 0.15) is 12.5 Å². The van der Waals surface area contributed by atoms with Crippen molar-refractivity contribution < 1.29 is 19.1 Å². The number of benzene rings is 1. The van der Waals surface area contributed by atoms with Gasteiger partial charge in [-0.1, -0.05) is 12.1 Å². The molecule has 104 valence electrons. The van der Waals surface area contributed by atoms with Crippen molar-refractivity contribution in [2.75, 3.05) is 25.1 Å². The summed E-state index contributed by atoms with van der Waals surface area (Å²) in [4.78, 5) is 22.1. The molecular formula is C13H17N2O4-. The summed E-state index contributed by atoms with van der Waals surface area (Å²) in [5.74, 6) is -0.592. The molecule has 0 fully saturated rings. The number of esters is 1. The molecule has 0 bridgehead atoms. The third-order valence-electron chi connectivity index (χ3n) is 2.16.